The smallest absolute Gasteiger partial charge is 0.272 e. The van der Waals surface area contributed by atoms with E-state index >= 15 is 0 Å². The van der Waals surface area contributed by atoms with Crippen molar-refractivity contribution in [3.63, 3.8) is 0 Å². The Morgan fingerprint density at radius 3 is 2.76 bits per heavy atom. The number of nitrogens with one attached hydrogen (secondary N) is 1. The summed E-state index contributed by atoms with van der Waals surface area (Å²) in [6, 6.07) is 11.6. The Bertz CT molecular complexity index is 729. The number of piperazine rings is 1. The lowest BCUT2D eigenvalue weighted by molar-refractivity contribution is 0.0658. The van der Waals surface area contributed by atoms with Gasteiger partial charge in [-0.25, -0.2) is 0 Å². The third kappa shape index (κ3) is 4.94. The SMILES string of the molecule is CN1CCN(C(=O)c2cc(NCCc3cccc(Cl)c3)ccn2)CC1. The van der Waals surface area contributed by atoms with Gasteiger partial charge in [0.25, 0.3) is 5.91 Å². The molecule has 0 unspecified atom stereocenters. The summed E-state index contributed by atoms with van der Waals surface area (Å²) in [6.07, 6.45) is 2.55. The van der Waals surface area contributed by atoms with Crippen LogP contribution in [0.1, 0.15) is 16.1 Å². The molecule has 2 heterocycles. The van der Waals surface area contributed by atoms with Crippen molar-refractivity contribution in [2.45, 2.75) is 6.42 Å². The summed E-state index contributed by atoms with van der Waals surface area (Å²) in [5, 5.41) is 4.11. The quantitative estimate of drug-likeness (QED) is 0.892. The lowest BCUT2D eigenvalue weighted by Gasteiger charge is -2.32. The third-order valence-electron chi connectivity index (χ3n) is 4.40. The molecule has 1 saturated heterocycles. The second-order valence-corrected chi connectivity index (χ2v) is 6.77. The highest BCUT2D eigenvalue weighted by Crippen LogP contribution is 2.14. The lowest BCUT2D eigenvalue weighted by atomic mass is 10.1. The topological polar surface area (TPSA) is 48.5 Å². The molecule has 25 heavy (non-hydrogen) atoms. The number of benzene rings is 1. The summed E-state index contributed by atoms with van der Waals surface area (Å²) in [5.41, 5.74) is 2.59. The Hall–Kier alpha value is -2.11. The van der Waals surface area contributed by atoms with Gasteiger partial charge in [-0.3, -0.25) is 9.78 Å². The largest absolute Gasteiger partial charge is 0.385 e. The van der Waals surface area contributed by atoms with E-state index in [0.717, 1.165) is 49.9 Å². The third-order valence-corrected chi connectivity index (χ3v) is 4.64. The van der Waals surface area contributed by atoms with E-state index in [1.165, 1.54) is 5.56 Å². The second kappa shape index (κ2) is 8.32. The Morgan fingerprint density at radius 1 is 1.20 bits per heavy atom. The van der Waals surface area contributed by atoms with E-state index in [-0.39, 0.29) is 5.91 Å². The number of carbonyl (C=O) groups excluding carboxylic acids is 1. The first-order valence-electron chi connectivity index (χ1n) is 8.54. The van der Waals surface area contributed by atoms with Crippen molar-refractivity contribution >= 4 is 23.2 Å². The zero-order valence-corrected chi connectivity index (χ0v) is 15.2. The number of rotatable bonds is 5. The Morgan fingerprint density at radius 2 is 2.00 bits per heavy atom. The molecule has 1 aromatic heterocycles. The predicted molar refractivity (Wildman–Crippen MR) is 101 cm³/mol. The molecular formula is C19H23ClN4O. The Labute approximate surface area is 153 Å². The summed E-state index contributed by atoms with van der Waals surface area (Å²) in [4.78, 5) is 20.9. The van der Waals surface area contributed by atoms with Crippen molar-refractivity contribution in [3.05, 3.63) is 58.9 Å². The van der Waals surface area contributed by atoms with Crippen LogP contribution in [0.4, 0.5) is 5.69 Å². The molecule has 1 aromatic carbocycles. The minimum absolute atomic E-state index is 0.00610. The van der Waals surface area contributed by atoms with E-state index in [4.69, 9.17) is 11.6 Å². The number of halogens is 1. The van der Waals surface area contributed by atoms with Crippen LogP contribution in [0.25, 0.3) is 0 Å². The maximum absolute atomic E-state index is 12.6. The number of nitrogens with zero attached hydrogens (tertiary/aromatic N) is 3. The minimum Gasteiger partial charge on any atom is -0.385 e. The standard InChI is InChI=1S/C19H23ClN4O/c1-23-9-11-24(12-10-23)19(25)18-14-17(6-8-22-18)21-7-5-15-3-2-4-16(20)13-15/h2-4,6,8,13-14H,5,7,9-12H2,1H3,(H,21,22). The molecule has 6 heteroatoms. The van der Waals surface area contributed by atoms with Gasteiger partial charge in [0, 0.05) is 49.6 Å². The summed E-state index contributed by atoms with van der Waals surface area (Å²) < 4.78 is 0. The number of anilines is 1. The number of hydrogen-bond donors (Lipinski definition) is 1. The van der Waals surface area contributed by atoms with Crippen LogP contribution < -0.4 is 5.32 Å². The van der Waals surface area contributed by atoms with Crippen molar-refractivity contribution in [1.82, 2.24) is 14.8 Å². The van der Waals surface area contributed by atoms with E-state index < -0.39 is 0 Å². The highest BCUT2D eigenvalue weighted by atomic mass is 35.5. The van der Waals surface area contributed by atoms with Gasteiger partial charge in [0.05, 0.1) is 0 Å². The number of hydrogen-bond acceptors (Lipinski definition) is 4. The predicted octanol–water partition coefficient (Wildman–Crippen LogP) is 2.78. The van der Waals surface area contributed by atoms with Gasteiger partial charge >= 0.3 is 0 Å². The fourth-order valence-corrected chi connectivity index (χ4v) is 3.09. The molecule has 0 aliphatic carbocycles. The Kier molecular flexibility index (Phi) is 5.89. The van der Waals surface area contributed by atoms with Gasteiger partial charge in [-0.15, -0.1) is 0 Å². The van der Waals surface area contributed by atoms with Crippen LogP contribution in [0.15, 0.2) is 42.6 Å². The number of likely N-dealkylation sites (N-methyl/N-ethyl adjacent to an activating group) is 1. The van der Waals surface area contributed by atoms with E-state index in [0.29, 0.717) is 5.69 Å². The highest BCUT2D eigenvalue weighted by molar-refractivity contribution is 6.30. The molecule has 0 bridgehead atoms. The minimum atomic E-state index is 0.00610. The van der Waals surface area contributed by atoms with E-state index in [2.05, 4.69) is 28.3 Å². The first kappa shape index (κ1) is 17.7. The van der Waals surface area contributed by atoms with Crippen LogP contribution in [0.2, 0.25) is 5.02 Å². The van der Waals surface area contributed by atoms with Crippen LogP contribution in [-0.4, -0.2) is 60.5 Å². The molecule has 1 aliphatic rings. The van der Waals surface area contributed by atoms with Gasteiger partial charge < -0.3 is 15.1 Å². The van der Waals surface area contributed by atoms with Crippen LogP contribution in [0.5, 0.6) is 0 Å². The van der Waals surface area contributed by atoms with E-state index in [1.807, 2.05) is 35.2 Å². The van der Waals surface area contributed by atoms with Gasteiger partial charge in [-0.1, -0.05) is 23.7 Å². The van der Waals surface area contributed by atoms with Crippen LogP contribution in [0, 0.1) is 0 Å². The normalized spacial score (nSPS) is 15.2. The van der Waals surface area contributed by atoms with Crippen LogP contribution in [0.3, 0.4) is 0 Å². The number of pyridine rings is 1. The van der Waals surface area contributed by atoms with Gasteiger partial charge in [0.15, 0.2) is 0 Å². The highest BCUT2D eigenvalue weighted by Gasteiger charge is 2.21. The van der Waals surface area contributed by atoms with Gasteiger partial charge in [0.1, 0.15) is 5.69 Å². The summed E-state index contributed by atoms with van der Waals surface area (Å²) in [6.45, 7) is 4.09. The van der Waals surface area contributed by atoms with E-state index in [9.17, 15) is 4.79 Å². The maximum Gasteiger partial charge on any atom is 0.272 e. The molecule has 3 rings (SSSR count). The van der Waals surface area contributed by atoms with Gasteiger partial charge in [-0.05, 0) is 43.3 Å². The fraction of sp³-hybridized carbons (Fsp3) is 0.368. The molecule has 1 aliphatic heterocycles. The van der Waals surface area contributed by atoms with E-state index in [1.54, 1.807) is 6.20 Å². The molecule has 0 saturated carbocycles. The summed E-state index contributed by atoms with van der Waals surface area (Å²) >= 11 is 6.01. The zero-order chi connectivity index (χ0) is 17.6. The molecule has 1 fully saturated rings. The number of carbonyl (C=O) groups is 1. The van der Waals surface area contributed by atoms with Crippen molar-refractivity contribution < 1.29 is 4.79 Å². The van der Waals surface area contributed by atoms with Gasteiger partial charge in [0.2, 0.25) is 0 Å². The number of aromatic nitrogens is 1. The average molecular weight is 359 g/mol. The number of amides is 1. The molecule has 1 amide bonds. The molecular weight excluding hydrogens is 336 g/mol. The zero-order valence-electron chi connectivity index (χ0n) is 14.4. The van der Waals surface area contributed by atoms with Crippen molar-refractivity contribution in [3.8, 4) is 0 Å². The first-order valence-corrected chi connectivity index (χ1v) is 8.92. The fourth-order valence-electron chi connectivity index (χ4n) is 2.87. The lowest BCUT2D eigenvalue weighted by Crippen LogP contribution is -2.47. The van der Waals surface area contributed by atoms with Crippen molar-refractivity contribution in [2.24, 2.45) is 0 Å². The second-order valence-electron chi connectivity index (χ2n) is 6.33. The van der Waals surface area contributed by atoms with Crippen molar-refractivity contribution in [2.75, 3.05) is 45.1 Å². The molecule has 0 radical (unpaired) electrons. The maximum atomic E-state index is 12.6. The molecule has 1 N–H and O–H groups in total. The van der Waals surface area contributed by atoms with Crippen molar-refractivity contribution in [1.29, 1.82) is 0 Å². The summed E-state index contributed by atoms with van der Waals surface area (Å²) in [5.74, 6) is 0.00610. The molecule has 132 valence electrons. The van der Waals surface area contributed by atoms with Gasteiger partial charge in [-0.2, -0.15) is 0 Å². The van der Waals surface area contributed by atoms with Crippen LogP contribution in [-0.2, 0) is 6.42 Å². The molecule has 0 spiro atoms. The van der Waals surface area contributed by atoms with Crippen LogP contribution >= 0.6 is 11.6 Å². The first-order chi connectivity index (χ1) is 12.1. The Balaban J connectivity index is 1.56. The molecule has 5 nitrogen and oxygen atoms in total. The molecule has 2 aromatic rings. The average Bonchev–Trinajstić information content (AvgIpc) is 2.62. The summed E-state index contributed by atoms with van der Waals surface area (Å²) in [7, 11) is 2.07. The molecule has 0 atom stereocenters. The monoisotopic (exact) mass is 358 g/mol.